The third-order valence-electron chi connectivity index (χ3n) is 3.56. The molecule has 116 valence electrons. The average Bonchev–Trinajstić information content (AvgIpc) is 2.85. The number of methoxy groups -OCH3 is 3. The number of carbonyl (C=O) groups is 1. The maximum absolute atomic E-state index is 12.6. The smallest absolute Gasteiger partial charge is 0.174 e. The molecule has 21 heavy (non-hydrogen) atoms. The molecule has 7 heteroatoms. The lowest BCUT2D eigenvalue weighted by Gasteiger charge is -2.16. The van der Waals surface area contributed by atoms with E-state index in [-0.39, 0.29) is 22.9 Å². The number of hydrogen-bond acceptors (Lipinski definition) is 6. The lowest BCUT2D eigenvalue weighted by atomic mass is 9.95. The summed E-state index contributed by atoms with van der Waals surface area (Å²) >= 11 is 0. The maximum Gasteiger partial charge on any atom is 0.174 e. The second kappa shape index (κ2) is 5.93. The first kappa shape index (κ1) is 15.6. The van der Waals surface area contributed by atoms with Crippen molar-refractivity contribution < 1.29 is 27.4 Å². The van der Waals surface area contributed by atoms with Gasteiger partial charge in [0.05, 0.1) is 32.8 Å². The van der Waals surface area contributed by atoms with Crippen LogP contribution >= 0.6 is 0 Å². The van der Waals surface area contributed by atoms with Crippen molar-refractivity contribution in [1.82, 2.24) is 0 Å². The topological polar surface area (TPSA) is 78.9 Å². The summed E-state index contributed by atoms with van der Waals surface area (Å²) in [7, 11) is 1.25. The second-order valence-electron chi connectivity index (χ2n) is 4.87. The van der Waals surface area contributed by atoms with Gasteiger partial charge in [-0.2, -0.15) is 0 Å². The fourth-order valence-corrected chi connectivity index (χ4v) is 4.20. The Labute approximate surface area is 123 Å². The molecule has 1 saturated heterocycles. The van der Waals surface area contributed by atoms with E-state index in [9.17, 15) is 13.2 Å². The minimum atomic E-state index is -3.13. The standard InChI is InChI=1S/C14H18O6S/c1-18-10-6-11(19-2)13(12(7-10)20-3)14(15)9-4-5-21(16,17)8-9/h6-7,9H,4-5,8H2,1-3H3. The summed E-state index contributed by atoms with van der Waals surface area (Å²) < 4.78 is 38.7. The molecule has 0 saturated carbocycles. The normalized spacial score (nSPS) is 20.0. The third-order valence-corrected chi connectivity index (χ3v) is 5.33. The SMILES string of the molecule is COc1cc(OC)c(C(=O)C2CCS(=O)(=O)C2)c(OC)c1. The van der Waals surface area contributed by atoms with E-state index in [0.717, 1.165) is 0 Å². The third kappa shape index (κ3) is 3.12. The summed E-state index contributed by atoms with van der Waals surface area (Å²) in [5.74, 6) is 0.243. The van der Waals surface area contributed by atoms with E-state index in [0.29, 0.717) is 23.7 Å². The quantitative estimate of drug-likeness (QED) is 0.763. The Bertz CT molecular complexity index is 624. The van der Waals surface area contributed by atoms with Crippen molar-refractivity contribution in [2.75, 3.05) is 32.8 Å². The van der Waals surface area contributed by atoms with Crippen molar-refractivity contribution in [3.8, 4) is 17.2 Å². The highest BCUT2D eigenvalue weighted by atomic mass is 32.2. The van der Waals surface area contributed by atoms with Gasteiger partial charge in [-0.1, -0.05) is 0 Å². The van der Waals surface area contributed by atoms with E-state index in [4.69, 9.17) is 14.2 Å². The number of ether oxygens (including phenoxy) is 3. The van der Waals surface area contributed by atoms with Crippen LogP contribution in [-0.2, 0) is 9.84 Å². The lowest BCUT2D eigenvalue weighted by Crippen LogP contribution is -2.18. The van der Waals surface area contributed by atoms with Crippen LogP contribution in [0.1, 0.15) is 16.8 Å². The zero-order valence-corrected chi connectivity index (χ0v) is 13.0. The monoisotopic (exact) mass is 314 g/mol. The Balaban J connectivity index is 2.45. The van der Waals surface area contributed by atoms with Crippen LogP contribution in [-0.4, -0.2) is 47.0 Å². The van der Waals surface area contributed by atoms with Crippen molar-refractivity contribution in [1.29, 1.82) is 0 Å². The predicted octanol–water partition coefficient (Wildman–Crippen LogP) is 1.33. The first-order valence-corrected chi connectivity index (χ1v) is 8.28. The molecule has 1 atom stereocenters. The molecule has 0 radical (unpaired) electrons. The van der Waals surface area contributed by atoms with Crippen LogP contribution in [0.15, 0.2) is 12.1 Å². The molecule has 0 bridgehead atoms. The first-order valence-electron chi connectivity index (χ1n) is 6.46. The maximum atomic E-state index is 12.6. The van der Waals surface area contributed by atoms with Crippen LogP contribution < -0.4 is 14.2 Å². The molecule has 0 amide bonds. The molecule has 1 aromatic rings. The average molecular weight is 314 g/mol. The summed E-state index contributed by atoms with van der Waals surface area (Å²) in [6, 6.07) is 3.17. The Morgan fingerprint density at radius 1 is 1.10 bits per heavy atom. The molecule has 0 spiro atoms. The van der Waals surface area contributed by atoms with Crippen molar-refractivity contribution in [3.05, 3.63) is 17.7 Å². The minimum absolute atomic E-state index is 0.0458. The molecule has 1 heterocycles. The van der Waals surface area contributed by atoms with Gasteiger partial charge in [-0.3, -0.25) is 4.79 Å². The predicted molar refractivity (Wildman–Crippen MR) is 77.2 cm³/mol. The van der Waals surface area contributed by atoms with Gasteiger partial charge in [0.1, 0.15) is 22.8 Å². The molecule has 0 aromatic heterocycles. The molecule has 1 fully saturated rings. The van der Waals surface area contributed by atoms with E-state index in [1.54, 1.807) is 12.1 Å². The van der Waals surface area contributed by atoms with Crippen LogP contribution in [0, 0.1) is 5.92 Å². The van der Waals surface area contributed by atoms with Gasteiger partial charge < -0.3 is 14.2 Å². The van der Waals surface area contributed by atoms with Crippen molar-refractivity contribution >= 4 is 15.6 Å². The van der Waals surface area contributed by atoms with Crippen LogP contribution in [0.5, 0.6) is 17.2 Å². The fourth-order valence-electron chi connectivity index (χ4n) is 2.45. The van der Waals surface area contributed by atoms with E-state index in [1.165, 1.54) is 21.3 Å². The largest absolute Gasteiger partial charge is 0.496 e. The molecule has 0 N–H and O–H groups in total. The number of ketones is 1. The van der Waals surface area contributed by atoms with Crippen LogP contribution in [0.25, 0.3) is 0 Å². The molecule has 6 nitrogen and oxygen atoms in total. The number of benzene rings is 1. The highest BCUT2D eigenvalue weighted by Gasteiger charge is 2.36. The molecule has 1 aliphatic heterocycles. The fraction of sp³-hybridized carbons (Fsp3) is 0.500. The van der Waals surface area contributed by atoms with E-state index in [2.05, 4.69) is 0 Å². The Hall–Kier alpha value is -1.76. The van der Waals surface area contributed by atoms with Crippen molar-refractivity contribution in [2.45, 2.75) is 6.42 Å². The van der Waals surface area contributed by atoms with E-state index < -0.39 is 15.8 Å². The first-order chi connectivity index (χ1) is 9.91. The number of carbonyl (C=O) groups excluding carboxylic acids is 1. The van der Waals surface area contributed by atoms with Crippen LogP contribution in [0.4, 0.5) is 0 Å². The van der Waals surface area contributed by atoms with Crippen LogP contribution in [0.2, 0.25) is 0 Å². The van der Waals surface area contributed by atoms with Gasteiger partial charge in [0.15, 0.2) is 15.6 Å². The zero-order chi connectivity index (χ0) is 15.6. The Morgan fingerprint density at radius 2 is 1.67 bits per heavy atom. The second-order valence-corrected chi connectivity index (χ2v) is 7.10. The number of Topliss-reactive ketones (excluding diaryl/α,β-unsaturated/α-hetero) is 1. The Kier molecular flexibility index (Phi) is 4.41. The van der Waals surface area contributed by atoms with Gasteiger partial charge in [0.25, 0.3) is 0 Å². The van der Waals surface area contributed by atoms with E-state index >= 15 is 0 Å². The summed E-state index contributed by atoms with van der Waals surface area (Å²) in [6.07, 6.45) is 0.333. The number of hydrogen-bond donors (Lipinski definition) is 0. The molecular formula is C14H18O6S. The van der Waals surface area contributed by atoms with Gasteiger partial charge in [-0.25, -0.2) is 8.42 Å². The molecular weight excluding hydrogens is 296 g/mol. The summed E-state index contributed by atoms with van der Waals surface area (Å²) in [5, 5.41) is 0. The number of sulfone groups is 1. The van der Waals surface area contributed by atoms with Gasteiger partial charge >= 0.3 is 0 Å². The Morgan fingerprint density at radius 3 is 2.05 bits per heavy atom. The van der Waals surface area contributed by atoms with Crippen LogP contribution in [0.3, 0.4) is 0 Å². The molecule has 1 aromatic carbocycles. The lowest BCUT2D eigenvalue weighted by molar-refractivity contribution is 0.0927. The number of rotatable bonds is 5. The minimum Gasteiger partial charge on any atom is -0.496 e. The molecule has 2 rings (SSSR count). The van der Waals surface area contributed by atoms with Crippen molar-refractivity contribution in [3.63, 3.8) is 0 Å². The summed E-state index contributed by atoms with van der Waals surface area (Å²) in [5.41, 5.74) is 0.267. The van der Waals surface area contributed by atoms with Gasteiger partial charge in [-0.15, -0.1) is 0 Å². The van der Waals surface area contributed by atoms with Gasteiger partial charge in [0.2, 0.25) is 0 Å². The van der Waals surface area contributed by atoms with Gasteiger partial charge in [-0.05, 0) is 6.42 Å². The highest BCUT2D eigenvalue weighted by molar-refractivity contribution is 7.91. The molecule has 1 aliphatic rings. The van der Waals surface area contributed by atoms with E-state index in [1.807, 2.05) is 0 Å². The molecule has 1 unspecified atom stereocenters. The van der Waals surface area contributed by atoms with Gasteiger partial charge in [0, 0.05) is 18.1 Å². The summed E-state index contributed by atoms with van der Waals surface area (Å²) in [4.78, 5) is 12.6. The van der Waals surface area contributed by atoms with Crippen molar-refractivity contribution in [2.24, 2.45) is 5.92 Å². The summed E-state index contributed by atoms with van der Waals surface area (Å²) in [6.45, 7) is 0. The zero-order valence-electron chi connectivity index (χ0n) is 12.2. The highest BCUT2D eigenvalue weighted by Crippen LogP contribution is 2.37. The molecule has 0 aliphatic carbocycles.